The van der Waals surface area contributed by atoms with Crippen LogP contribution in [-0.2, 0) is 19.5 Å². The Morgan fingerprint density at radius 3 is 2.71 bits per heavy atom. The molecule has 0 unspecified atom stereocenters. The van der Waals surface area contributed by atoms with Gasteiger partial charge in [-0.1, -0.05) is 6.92 Å². The molecule has 0 saturated carbocycles. The van der Waals surface area contributed by atoms with Crippen LogP contribution in [0.5, 0.6) is 0 Å². The lowest BCUT2D eigenvalue weighted by molar-refractivity contribution is 0.674. The van der Waals surface area contributed by atoms with Crippen molar-refractivity contribution in [2.75, 3.05) is 0 Å². The van der Waals surface area contributed by atoms with E-state index in [2.05, 4.69) is 39.5 Å². The normalized spacial score (nSPS) is 11.0. The second-order valence-electron chi connectivity index (χ2n) is 4.09. The highest BCUT2D eigenvalue weighted by atomic mass is 32.1. The number of aromatic amines is 1. The lowest BCUT2D eigenvalue weighted by atomic mass is 10.3. The molecular formula is C12H18N4S. The Balaban J connectivity index is 1.87. The number of nitrogens with one attached hydrogen (secondary N) is 2. The van der Waals surface area contributed by atoms with Crippen LogP contribution in [0.3, 0.4) is 0 Å². The summed E-state index contributed by atoms with van der Waals surface area (Å²) >= 11 is 1.70. The first-order chi connectivity index (χ1) is 8.19. The molecule has 0 bridgehead atoms. The van der Waals surface area contributed by atoms with E-state index in [9.17, 15) is 0 Å². The molecule has 0 aliphatic carbocycles. The molecule has 2 aromatic rings. The van der Waals surface area contributed by atoms with Crippen LogP contribution in [0, 0.1) is 13.8 Å². The van der Waals surface area contributed by atoms with Gasteiger partial charge < -0.3 is 10.3 Å². The van der Waals surface area contributed by atoms with Gasteiger partial charge in [0, 0.05) is 36.3 Å². The van der Waals surface area contributed by atoms with E-state index in [1.807, 2.05) is 6.92 Å². The molecule has 2 heterocycles. The molecule has 0 atom stereocenters. The van der Waals surface area contributed by atoms with Crippen LogP contribution < -0.4 is 5.32 Å². The van der Waals surface area contributed by atoms with Crippen molar-refractivity contribution in [3.8, 4) is 0 Å². The molecule has 0 aromatic carbocycles. The first kappa shape index (κ1) is 12.3. The van der Waals surface area contributed by atoms with Crippen LogP contribution in [0.1, 0.15) is 34.8 Å². The van der Waals surface area contributed by atoms with Gasteiger partial charge in [0.1, 0.15) is 10.8 Å². The summed E-state index contributed by atoms with van der Waals surface area (Å²) in [5, 5.41) is 6.58. The monoisotopic (exact) mass is 250 g/mol. The SMILES string of the molecule is CCc1nc(CNCc2nc(C)cs2)c(C)[nH]1. The van der Waals surface area contributed by atoms with Crippen molar-refractivity contribution < 1.29 is 0 Å². The van der Waals surface area contributed by atoms with Crippen LogP contribution >= 0.6 is 11.3 Å². The second kappa shape index (κ2) is 5.42. The molecule has 0 spiro atoms. The number of hydrogen-bond donors (Lipinski definition) is 2. The molecule has 0 amide bonds. The number of aromatic nitrogens is 3. The lowest BCUT2D eigenvalue weighted by Crippen LogP contribution is -2.13. The second-order valence-corrected chi connectivity index (χ2v) is 5.04. The lowest BCUT2D eigenvalue weighted by Gasteiger charge is -2.00. The van der Waals surface area contributed by atoms with Crippen LogP contribution in [-0.4, -0.2) is 15.0 Å². The number of H-pyrrole nitrogens is 1. The topological polar surface area (TPSA) is 53.6 Å². The van der Waals surface area contributed by atoms with Crippen molar-refractivity contribution in [1.82, 2.24) is 20.3 Å². The smallest absolute Gasteiger partial charge is 0.107 e. The molecule has 0 aliphatic rings. The van der Waals surface area contributed by atoms with E-state index in [1.54, 1.807) is 11.3 Å². The van der Waals surface area contributed by atoms with Crippen molar-refractivity contribution >= 4 is 11.3 Å². The quantitative estimate of drug-likeness (QED) is 0.856. The van der Waals surface area contributed by atoms with Crippen molar-refractivity contribution in [2.24, 2.45) is 0 Å². The summed E-state index contributed by atoms with van der Waals surface area (Å²) in [5.41, 5.74) is 3.36. The molecule has 4 nitrogen and oxygen atoms in total. The zero-order valence-electron chi connectivity index (χ0n) is 10.5. The van der Waals surface area contributed by atoms with Crippen LogP contribution in [0.15, 0.2) is 5.38 Å². The minimum Gasteiger partial charge on any atom is -0.346 e. The Kier molecular flexibility index (Phi) is 3.91. The molecule has 2 N–H and O–H groups in total. The van der Waals surface area contributed by atoms with E-state index < -0.39 is 0 Å². The summed E-state index contributed by atoms with van der Waals surface area (Å²) in [4.78, 5) is 12.2. The van der Waals surface area contributed by atoms with E-state index in [4.69, 9.17) is 0 Å². The standard InChI is InChI=1S/C12H18N4S/c1-4-11-15-9(3)10(16-11)5-13-6-12-14-8(2)7-17-12/h7,13H,4-6H2,1-3H3,(H,15,16). The molecule has 17 heavy (non-hydrogen) atoms. The minimum absolute atomic E-state index is 0.793. The maximum absolute atomic E-state index is 4.53. The molecule has 2 rings (SSSR count). The third-order valence-electron chi connectivity index (χ3n) is 2.60. The predicted molar refractivity (Wildman–Crippen MR) is 70.1 cm³/mol. The fourth-order valence-corrected chi connectivity index (χ4v) is 2.42. The van der Waals surface area contributed by atoms with Gasteiger partial charge in [-0.25, -0.2) is 9.97 Å². The average molecular weight is 250 g/mol. The maximum atomic E-state index is 4.53. The minimum atomic E-state index is 0.793. The highest BCUT2D eigenvalue weighted by molar-refractivity contribution is 7.09. The van der Waals surface area contributed by atoms with Crippen molar-refractivity contribution in [3.05, 3.63) is 33.3 Å². The fraction of sp³-hybridized carbons (Fsp3) is 0.500. The van der Waals surface area contributed by atoms with Gasteiger partial charge in [0.25, 0.3) is 0 Å². The number of hydrogen-bond acceptors (Lipinski definition) is 4. The average Bonchev–Trinajstić information content (AvgIpc) is 2.86. The van der Waals surface area contributed by atoms with E-state index in [1.165, 1.54) is 0 Å². The number of aryl methyl sites for hydroxylation is 3. The van der Waals surface area contributed by atoms with Gasteiger partial charge in [0.05, 0.1) is 5.69 Å². The summed E-state index contributed by atoms with van der Waals surface area (Å²) in [5.74, 6) is 1.06. The third-order valence-corrected chi connectivity index (χ3v) is 3.57. The Bertz CT molecular complexity index is 486. The number of thiazole rings is 1. The molecule has 0 radical (unpaired) electrons. The van der Waals surface area contributed by atoms with E-state index in [0.717, 1.165) is 47.4 Å². The zero-order chi connectivity index (χ0) is 12.3. The first-order valence-electron chi connectivity index (χ1n) is 5.85. The Labute approximate surface area is 106 Å². The van der Waals surface area contributed by atoms with Gasteiger partial charge in [-0.15, -0.1) is 11.3 Å². The van der Waals surface area contributed by atoms with Gasteiger partial charge in [0.15, 0.2) is 0 Å². The summed E-state index contributed by atoms with van der Waals surface area (Å²) in [7, 11) is 0. The van der Waals surface area contributed by atoms with Gasteiger partial charge in [-0.05, 0) is 13.8 Å². The highest BCUT2D eigenvalue weighted by Gasteiger charge is 2.05. The summed E-state index contributed by atoms with van der Waals surface area (Å²) in [6.45, 7) is 7.79. The Morgan fingerprint density at radius 1 is 1.29 bits per heavy atom. The first-order valence-corrected chi connectivity index (χ1v) is 6.73. The zero-order valence-corrected chi connectivity index (χ0v) is 11.3. The summed E-state index contributed by atoms with van der Waals surface area (Å²) < 4.78 is 0. The Morgan fingerprint density at radius 2 is 2.12 bits per heavy atom. The largest absolute Gasteiger partial charge is 0.346 e. The Hall–Kier alpha value is -1.20. The summed E-state index contributed by atoms with van der Waals surface area (Å²) in [6, 6.07) is 0. The summed E-state index contributed by atoms with van der Waals surface area (Å²) in [6.07, 6.45) is 0.951. The third kappa shape index (κ3) is 3.14. The van der Waals surface area contributed by atoms with Gasteiger partial charge in [-0.3, -0.25) is 0 Å². The molecule has 0 saturated heterocycles. The molecule has 0 aliphatic heterocycles. The van der Waals surface area contributed by atoms with Crippen LogP contribution in [0.25, 0.3) is 0 Å². The molecule has 2 aromatic heterocycles. The fourth-order valence-electron chi connectivity index (χ4n) is 1.67. The maximum Gasteiger partial charge on any atom is 0.107 e. The van der Waals surface area contributed by atoms with Gasteiger partial charge >= 0.3 is 0 Å². The predicted octanol–water partition coefficient (Wildman–Crippen LogP) is 2.34. The highest BCUT2D eigenvalue weighted by Crippen LogP contribution is 2.09. The van der Waals surface area contributed by atoms with Crippen molar-refractivity contribution in [1.29, 1.82) is 0 Å². The van der Waals surface area contributed by atoms with Crippen LogP contribution in [0.2, 0.25) is 0 Å². The number of imidazole rings is 1. The molecule has 92 valence electrons. The van der Waals surface area contributed by atoms with E-state index in [-0.39, 0.29) is 0 Å². The van der Waals surface area contributed by atoms with E-state index in [0.29, 0.717) is 0 Å². The molecule has 5 heteroatoms. The van der Waals surface area contributed by atoms with Gasteiger partial charge in [-0.2, -0.15) is 0 Å². The van der Waals surface area contributed by atoms with E-state index >= 15 is 0 Å². The molecule has 0 fully saturated rings. The van der Waals surface area contributed by atoms with Crippen molar-refractivity contribution in [3.63, 3.8) is 0 Å². The van der Waals surface area contributed by atoms with Crippen LogP contribution in [0.4, 0.5) is 0 Å². The molecular weight excluding hydrogens is 232 g/mol. The van der Waals surface area contributed by atoms with Gasteiger partial charge in [0.2, 0.25) is 0 Å². The van der Waals surface area contributed by atoms with Crippen molar-refractivity contribution in [2.45, 2.75) is 40.3 Å². The number of rotatable bonds is 5. The number of nitrogens with zero attached hydrogens (tertiary/aromatic N) is 2.